The Morgan fingerprint density at radius 1 is 1.40 bits per heavy atom. The predicted molar refractivity (Wildman–Crippen MR) is 64.3 cm³/mol. The first kappa shape index (κ1) is 12.0. The molecule has 4 nitrogen and oxygen atoms in total. The van der Waals surface area contributed by atoms with Gasteiger partial charge in [-0.3, -0.25) is 0 Å². The fourth-order valence-electron chi connectivity index (χ4n) is 1.51. The van der Waals surface area contributed by atoms with Gasteiger partial charge < -0.3 is 10.6 Å². The zero-order valence-electron chi connectivity index (χ0n) is 9.58. The van der Waals surface area contributed by atoms with Crippen LogP contribution in [0.2, 0.25) is 5.28 Å². The number of nitrogens with two attached hydrogens (primary N) is 1. The van der Waals surface area contributed by atoms with Crippen LogP contribution in [0.5, 0.6) is 0 Å². The van der Waals surface area contributed by atoms with Crippen LogP contribution in [0.4, 0.5) is 11.5 Å². The normalized spacial score (nSPS) is 10.8. The third-order valence-electron chi connectivity index (χ3n) is 2.32. The lowest BCUT2D eigenvalue weighted by Crippen LogP contribution is -2.32. The van der Waals surface area contributed by atoms with Gasteiger partial charge in [0.2, 0.25) is 5.28 Å². The maximum Gasteiger partial charge on any atom is 0.224 e. The van der Waals surface area contributed by atoms with Crippen LogP contribution in [0.1, 0.15) is 26.5 Å². The van der Waals surface area contributed by atoms with Gasteiger partial charge in [-0.25, -0.2) is 4.98 Å². The van der Waals surface area contributed by atoms with Gasteiger partial charge in [0, 0.05) is 12.6 Å². The Labute approximate surface area is 95.5 Å². The quantitative estimate of drug-likeness (QED) is 0.807. The van der Waals surface area contributed by atoms with Crippen molar-refractivity contribution in [2.24, 2.45) is 0 Å². The number of anilines is 2. The molecule has 15 heavy (non-hydrogen) atoms. The van der Waals surface area contributed by atoms with Crippen molar-refractivity contribution >= 4 is 23.1 Å². The van der Waals surface area contributed by atoms with Crippen LogP contribution in [-0.4, -0.2) is 22.6 Å². The molecule has 0 bridgehead atoms. The van der Waals surface area contributed by atoms with Gasteiger partial charge in [0.25, 0.3) is 0 Å². The van der Waals surface area contributed by atoms with E-state index in [4.69, 9.17) is 17.3 Å². The molecule has 0 fully saturated rings. The zero-order valence-corrected chi connectivity index (χ0v) is 10.3. The van der Waals surface area contributed by atoms with E-state index in [1.54, 1.807) is 0 Å². The van der Waals surface area contributed by atoms with Gasteiger partial charge in [-0.15, -0.1) is 0 Å². The third kappa shape index (κ3) is 2.50. The van der Waals surface area contributed by atoms with E-state index in [1.165, 1.54) is 0 Å². The van der Waals surface area contributed by atoms with Gasteiger partial charge in [-0.2, -0.15) is 4.98 Å². The molecule has 0 unspecified atom stereocenters. The van der Waals surface area contributed by atoms with Crippen LogP contribution in [0.3, 0.4) is 0 Å². The molecule has 0 radical (unpaired) electrons. The van der Waals surface area contributed by atoms with Crippen LogP contribution < -0.4 is 10.6 Å². The molecule has 2 N–H and O–H groups in total. The first-order valence-corrected chi connectivity index (χ1v) is 5.41. The van der Waals surface area contributed by atoms with Crippen LogP contribution in [0.15, 0.2) is 0 Å². The molecule has 5 heteroatoms. The number of nitrogen functional groups attached to an aromatic ring is 1. The number of halogens is 1. The Bertz CT molecular complexity index is 352. The van der Waals surface area contributed by atoms with Crippen LogP contribution >= 0.6 is 11.6 Å². The maximum atomic E-state index is 5.94. The van der Waals surface area contributed by atoms with Crippen molar-refractivity contribution in [3.63, 3.8) is 0 Å². The van der Waals surface area contributed by atoms with Crippen LogP contribution in [-0.2, 0) is 0 Å². The SMILES string of the molecule is CCN(c1nc(Cl)nc(C)c1N)C(C)C. The number of aryl methyl sites for hydroxylation is 1. The van der Waals surface area contributed by atoms with Crippen molar-refractivity contribution in [2.45, 2.75) is 33.7 Å². The molecule has 0 aliphatic carbocycles. The third-order valence-corrected chi connectivity index (χ3v) is 2.49. The van der Waals surface area contributed by atoms with Crippen molar-refractivity contribution in [3.05, 3.63) is 11.0 Å². The van der Waals surface area contributed by atoms with Gasteiger partial charge >= 0.3 is 0 Å². The van der Waals surface area contributed by atoms with E-state index >= 15 is 0 Å². The van der Waals surface area contributed by atoms with E-state index < -0.39 is 0 Å². The number of rotatable bonds is 3. The largest absolute Gasteiger partial charge is 0.394 e. The summed E-state index contributed by atoms with van der Waals surface area (Å²) in [7, 11) is 0. The first-order chi connectivity index (χ1) is 6.97. The standard InChI is InChI=1S/C10H17ClN4/c1-5-15(6(2)3)9-8(12)7(4)13-10(11)14-9/h6H,5,12H2,1-4H3. The Hall–Kier alpha value is -1.03. The Balaban J connectivity index is 3.22. The van der Waals surface area contributed by atoms with E-state index in [9.17, 15) is 0 Å². The van der Waals surface area contributed by atoms with Gasteiger partial charge in [0.1, 0.15) is 0 Å². The number of aromatic nitrogens is 2. The molecule has 0 aliphatic rings. The smallest absolute Gasteiger partial charge is 0.224 e. The average Bonchev–Trinajstić information content (AvgIpc) is 2.13. The molecule has 0 aromatic carbocycles. The average molecular weight is 229 g/mol. The fourth-order valence-corrected chi connectivity index (χ4v) is 1.72. The van der Waals surface area contributed by atoms with E-state index in [0.29, 0.717) is 11.7 Å². The number of hydrogen-bond donors (Lipinski definition) is 1. The second kappa shape index (κ2) is 4.66. The van der Waals surface area contributed by atoms with Crippen molar-refractivity contribution in [1.29, 1.82) is 0 Å². The molecular weight excluding hydrogens is 212 g/mol. The van der Waals surface area contributed by atoms with E-state index in [-0.39, 0.29) is 5.28 Å². The summed E-state index contributed by atoms with van der Waals surface area (Å²) in [6.07, 6.45) is 0. The molecular formula is C10H17ClN4. The lowest BCUT2D eigenvalue weighted by atomic mass is 10.2. The highest BCUT2D eigenvalue weighted by atomic mass is 35.5. The van der Waals surface area contributed by atoms with Gasteiger partial charge in [-0.1, -0.05) is 0 Å². The van der Waals surface area contributed by atoms with Crippen molar-refractivity contribution < 1.29 is 0 Å². The minimum Gasteiger partial charge on any atom is -0.394 e. The summed E-state index contributed by atoms with van der Waals surface area (Å²) in [5.74, 6) is 0.727. The zero-order chi connectivity index (χ0) is 11.6. The Morgan fingerprint density at radius 3 is 2.47 bits per heavy atom. The highest BCUT2D eigenvalue weighted by Crippen LogP contribution is 2.25. The molecule has 1 heterocycles. The molecule has 0 amide bonds. The lowest BCUT2D eigenvalue weighted by Gasteiger charge is -2.27. The van der Waals surface area contributed by atoms with E-state index in [2.05, 4.69) is 35.6 Å². The van der Waals surface area contributed by atoms with Crippen molar-refractivity contribution in [3.8, 4) is 0 Å². The molecule has 0 spiro atoms. The summed E-state index contributed by atoms with van der Waals surface area (Å²) in [6.45, 7) is 8.92. The lowest BCUT2D eigenvalue weighted by molar-refractivity contribution is 0.692. The number of hydrogen-bond acceptors (Lipinski definition) is 4. The predicted octanol–water partition coefficient (Wildman–Crippen LogP) is 2.26. The van der Waals surface area contributed by atoms with Crippen molar-refractivity contribution in [2.75, 3.05) is 17.2 Å². The fraction of sp³-hybridized carbons (Fsp3) is 0.600. The molecule has 1 aromatic heterocycles. The molecule has 1 aromatic rings. The maximum absolute atomic E-state index is 5.94. The summed E-state index contributed by atoms with van der Waals surface area (Å²) in [6, 6.07) is 0.336. The molecule has 0 aliphatic heterocycles. The second-order valence-corrected chi connectivity index (χ2v) is 4.03. The molecule has 1 rings (SSSR count). The topological polar surface area (TPSA) is 55.0 Å². The van der Waals surface area contributed by atoms with Crippen LogP contribution in [0.25, 0.3) is 0 Å². The summed E-state index contributed by atoms with van der Waals surface area (Å²) >= 11 is 5.82. The highest BCUT2D eigenvalue weighted by Gasteiger charge is 2.16. The summed E-state index contributed by atoms with van der Waals surface area (Å²) in [5.41, 5.74) is 7.27. The van der Waals surface area contributed by atoms with E-state index in [0.717, 1.165) is 18.1 Å². The minimum absolute atomic E-state index is 0.246. The summed E-state index contributed by atoms with van der Waals surface area (Å²) in [4.78, 5) is 10.3. The second-order valence-electron chi connectivity index (χ2n) is 3.70. The highest BCUT2D eigenvalue weighted by molar-refractivity contribution is 6.28. The Kier molecular flexibility index (Phi) is 3.74. The van der Waals surface area contributed by atoms with Gasteiger partial charge in [-0.05, 0) is 39.3 Å². The van der Waals surface area contributed by atoms with E-state index in [1.807, 2.05) is 6.92 Å². The summed E-state index contributed by atoms with van der Waals surface area (Å²) < 4.78 is 0. The number of nitrogens with zero attached hydrogens (tertiary/aromatic N) is 3. The summed E-state index contributed by atoms with van der Waals surface area (Å²) in [5, 5.41) is 0.246. The van der Waals surface area contributed by atoms with Crippen molar-refractivity contribution in [1.82, 2.24) is 9.97 Å². The minimum atomic E-state index is 0.246. The van der Waals surface area contributed by atoms with Gasteiger partial charge in [0.15, 0.2) is 5.82 Å². The molecule has 0 saturated heterocycles. The molecule has 0 atom stereocenters. The molecule has 0 saturated carbocycles. The Morgan fingerprint density at radius 2 is 2.00 bits per heavy atom. The molecule has 84 valence electrons. The van der Waals surface area contributed by atoms with Crippen LogP contribution in [0, 0.1) is 6.92 Å². The van der Waals surface area contributed by atoms with Gasteiger partial charge in [0.05, 0.1) is 11.4 Å². The monoisotopic (exact) mass is 228 g/mol. The first-order valence-electron chi connectivity index (χ1n) is 5.03.